The molecule has 5 rings (SSSR count). The first-order chi connectivity index (χ1) is 17.0. The summed E-state index contributed by atoms with van der Waals surface area (Å²) in [5, 5.41) is 5.71. The molecular weight excluding hydrogens is 468 g/mol. The van der Waals surface area contributed by atoms with E-state index in [-0.39, 0.29) is 18.1 Å². The molecule has 1 aliphatic heterocycles. The summed E-state index contributed by atoms with van der Waals surface area (Å²) in [6, 6.07) is 19.5. The molecule has 1 aromatic heterocycles. The van der Waals surface area contributed by atoms with Crippen LogP contribution in [0.1, 0.15) is 0 Å². The number of nitrogens with zero attached hydrogens (tertiary/aromatic N) is 2. The van der Waals surface area contributed by atoms with Crippen molar-refractivity contribution < 1.29 is 19.1 Å². The Balaban J connectivity index is 1.24. The van der Waals surface area contributed by atoms with Crippen LogP contribution < -0.4 is 25.7 Å². The Morgan fingerprint density at radius 3 is 2.63 bits per heavy atom. The van der Waals surface area contributed by atoms with Gasteiger partial charge in [0.25, 0.3) is 5.56 Å². The largest absolute Gasteiger partial charge is 0.454 e. The quantitative estimate of drug-likeness (QED) is 0.325. The third-order valence-electron chi connectivity index (χ3n) is 5.36. The standard InChI is InChI=1S/C25H20N4O5S/c1-29-23(31)18-11-16(15-5-3-2-4-6-15)7-9-19(18)27-25(29)35-13-22(30)28-24(32)26-17-8-10-20-21(12-17)34-14-33-20/h2-12H,13-14H2,1H3,(H2,26,28,30,32). The minimum atomic E-state index is -0.678. The van der Waals surface area contributed by atoms with E-state index in [1.54, 1.807) is 31.3 Å². The van der Waals surface area contributed by atoms with E-state index < -0.39 is 11.9 Å². The highest BCUT2D eigenvalue weighted by Crippen LogP contribution is 2.34. The van der Waals surface area contributed by atoms with Crippen LogP contribution in [0.4, 0.5) is 10.5 Å². The third kappa shape index (κ3) is 4.82. The van der Waals surface area contributed by atoms with E-state index >= 15 is 0 Å². The molecule has 9 nitrogen and oxygen atoms in total. The van der Waals surface area contributed by atoms with Crippen LogP contribution in [0.3, 0.4) is 0 Å². The molecule has 0 bridgehead atoms. The summed E-state index contributed by atoms with van der Waals surface area (Å²) in [5.41, 5.74) is 2.71. The monoisotopic (exact) mass is 488 g/mol. The van der Waals surface area contributed by atoms with Gasteiger partial charge in [0.1, 0.15) is 0 Å². The fourth-order valence-electron chi connectivity index (χ4n) is 3.62. The Bertz CT molecular complexity index is 1500. The number of carbonyl (C=O) groups excluding carboxylic acids is 2. The molecule has 0 fully saturated rings. The van der Waals surface area contributed by atoms with Crippen LogP contribution in [0.2, 0.25) is 0 Å². The van der Waals surface area contributed by atoms with Crippen LogP contribution in [0.25, 0.3) is 22.0 Å². The number of rotatable bonds is 5. The number of urea groups is 1. The summed E-state index contributed by atoms with van der Waals surface area (Å²) in [6.45, 7) is 0.125. The third-order valence-corrected chi connectivity index (χ3v) is 6.39. The molecule has 4 aromatic rings. The highest BCUT2D eigenvalue weighted by Gasteiger charge is 2.16. The van der Waals surface area contributed by atoms with Crippen LogP contribution >= 0.6 is 11.8 Å². The maximum Gasteiger partial charge on any atom is 0.325 e. The first kappa shape index (κ1) is 22.5. The van der Waals surface area contributed by atoms with E-state index in [2.05, 4.69) is 15.6 Å². The predicted octanol–water partition coefficient (Wildman–Crippen LogP) is 3.77. The SMILES string of the molecule is Cn1c(SCC(=O)NC(=O)Nc2ccc3c(c2)OCO3)nc2ccc(-c3ccccc3)cc2c1=O. The lowest BCUT2D eigenvalue weighted by Crippen LogP contribution is -2.35. The molecule has 2 heterocycles. The second-order valence-electron chi connectivity index (χ2n) is 7.72. The first-order valence-electron chi connectivity index (χ1n) is 10.7. The van der Waals surface area contributed by atoms with Gasteiger partial charge >= 0.3 is 6.03 Å². The van der Waals surface area contributed by atoms with E-state index in [4.69, 9.17) is 9.47 Å². The summed E-state index contributed by atoms with van der Waals surface area (Å²) >= 11 is 1.07. The number of benzene rings is 3. The van der Waals surface area contributed by atoms with Crippen molar-refractivity contribution in [2.45, 2.75) is 5.16 Å². The molecular formula is C25H20N4O5S. The molecule has 0 atom stereocenters. The summed E-state index contributed by atoms with van der Waals surface area (Å²) in [4.78, 5) is 42.0. The number of carbonyl (C=O) groups is 2. The maximum atomic E-state index is 13.0. The van der Waals surface area contributed by atoms with E-state index in [1.807, 2.05) is 42.5 Å². The maximum absolute atomic E-state index is 13.0. The van der Waals surface area contributed by atoms with E-state index in [0.29, 0.717) is 33.2 Å². The van der Waals surface area contributed by atoms with Gasteiger partial charge in [-0.3, -0.25) is 19.5 Å². The topological polar surface area (TPSA) is 112 Å². The van der Waals surface area contributed by atoms with Crippen molar-refractivity contribution in [3.8, 4) is 22.6 Å². The van der Waals surface area contributed by atoms with Crippen LogP contribution in [0, 0.1) is 0 Å². The Hall–Kier alpha value is -4.31. The van der Waals surface area contributed by atoms with Gasteiger partial charge < -0.3 is 14.8 Å². The molecule has 0 spiro atoms. The number of thioether (sulfide) groups is 1. The fraction of sp³-hybridized carbons (Fsp3) is 0.120. The lowest BCUT2D eigenvalue weighted by molar-refractivity contribution is -0.117. The smallest absolute Gasteiger partial charge is 0.325 e. The Labute approximate surface area is 204 Å². The van der Waals surface area contributed by atoms with Crippen molar-refractivity contribution in [3.63, 3.8) is 0 Å². The molecule has 3 amide bonds. The lowest BCUT2D eigenvalue weighted by Gasteiger charge is -2.10. The van der Waals surface area contributed by atoms with Gasteiger partial charge in [-0.2, -0.15) is 0 Å². The molecule has 3 aromatic carbocycles. The van der Waals surface area contributed by atoms with Crippen molar-refractivity contribution in [3.05, 3.63) is 77.1 Å². The molecule has 176 valence electrons. The normalized spacial score (nSPS) is 11.9. The number of ether oxygens (including phenoxy) is 2. The lowest BCUT2D eigenvalue weighted by atomic mass is 10.0. The Morgan fingerprint density at radius 2 is 1.80 bits per heavy atom. The molecule has 1 aliphatic rings. The van der Waals surface area contributed by atoms with Crippen molar-refractivity contribution in [2.75, 3.05) is 17.9 Å². The Kier molecular flexibility index (Phi) is 6.11. The van der Waals surface area contributed by atoms with Crippen LogP contribution in [0.15, 0.2) is 76.7 Å². The summed E-state index contributed by atoms with van der Waals surface area (Å²) in [6.07, 6.45) is 0. The molecule has 0 saturated heterocycles. The minimum absolute atomic E-state index is 0.0948. The zero-order valence-electron chi connectivity index (χ0n) is 18.6. The van der Waals surface area contributed by atoms with Gasteiger partial charge in [0, 0.05) is 18.8 Å². The number of amides is 3. The average Bonchev–Trinajstić information content (AvgIpc) is 3.33. The number of nitrogens with one attached hydrogen (secondary N) is 2. The van der Waals surface area contributed by atoms with Gasteiger partial charge in [0.15, 0.2) is 16.7 Å². The second-order valence-corrected chi connectivity index (χ2v) is 8.66. The minimum Gasteiger partial charge on any atom is -0.454 e. The van der Waals surface area contributed by atoms with Gasteiger partial charge in [-0.1, -0.05) is 48.2 Å². The average molecular weight is 489 g/mol. The summed E-state index contributed by atoms with van der Waals surface area (Å²) < 4.78 is 11.9. The van der Waals surface area contributed by atoms with Crippen LogP contribution in [0.5, 0.6) is 11.5 Å². The molecule has 10 heteroatoms. The Morgan fingerprint density at radius 1 is 1.00 bits per heavy atom. The van der Waals surface area contributed by atoms with Crippen molar-refractivity contribution in [1.82, 2.24) is 14.9 Å². The zero-order chi connectivity index (χ0) is 24.4. The number of hydrogen-bond donors (Lipinski definition) is 2. The van der Waals surface area contributed by atoms with Crippen molar-refractivity contribution in [1.29, 1.82) is 0 Å². The highest BCUT2D eigenvalue weighted by atomic mass is 32.2. The van der Waals surface area contributed by atoms with Crippen LogP contribution in [-0.4, -0.2) is 34.0 Å². The highest BCUT2D eigenvalue weighted by molar-refractivity contribution is 7.99. The molecule has 35 heavy (non-hydrogen) atoms. The second kappa shape index (κ2) is 9.51. The first-order valence-corrected chi connectivity index (χ1v) is 11.7. The predicted molar refractivity (Wildman–Crippen MR) is 133 cm³/mol. The molecule has 0 saturated carbocycles. The molecule has 0 radical (unpaired) electrons. The van der Waals surface area contributed by atoms with Gasteiger partial charge in [0.2, 0.25) is 12.7 Å². The van der Waals surface area contributed by atoms with Crippen LogP contribution in [-0.2, 0) is 11.8 Å². The number of aromatic nitrogens is 2. The van der Waals surface area contributed by atoms with Crippen molar-refractivity contribution in [2.24, 2.45) is 7.05 Å². The van der Waals surface area contributed by atoms with Gasteiger partial charge in [-0.15, -0.1) is 0 Å². The van der Waals surface area contributed by atoms with E-state index in [9.17, 15) is 14.4 Å². The number of anilines is 1. The molecule has 2 N–H and O–H groups in total. The number of fused-ring (bicyclic) bond motifs is 2. The van der Waals surface area contributed by atoms with Gasteiger partial charge in [-0.05, 0) is 35.4 Å². The fourth-order valence-corrected chi connectivity index (χ4v) is 4.39. The summed E-state index contributed by atoms with van der Waals surface area (Å²) in [5.74, 6) is 0.488. The zero-order valence-corrected chi connectivity index (χ0v) is 19.4. The molecule has 0 unspecified atom stereocenters. The van der Waals surface area contributed by atoms with Gasteiger partial charge in [-0.25, -0.2) is 9.78 Å². The number of hydrogen-bond acceptors (Lipinski definition) is 7. The number of imide groups is 1. The van der Waals surface area contributed by atoms with E-state index in [0.717, 1.165) is 22.9 Å². The van der Waals surface area contributed by atoms with E-state index in [1.165, 1.54) is 4.57 Å². The van der Waals surface area contributed by atoms with Gasteiger partial charge in [0.05, 0.1) is 16.7 Å². The summed E-state index contributed by atoms with van der Waals surface area (Å²) in [7, 11) is 1.61. The van der Waals surface area contributed by atoms with Crippen molar-refractivity contribution >= 4 is 40.3 Å². The molecule has 0 aliphatic carbocycles.